The fraction of sp³-hybridized carbons (Fsp3) is 0.381. The average Bonchev–Trinajstić information content (AvgIpc) is 3.08. The van der Waals surface area contributed by atoms with Crippen molar-refractivity contribution in [3.05, 3.63) is 59.7 Å². The number of morpholine rings is 1. The summed E-state index contributed by atoms with van der Waals surface area (Å²) in [6.45, 7) is 4.59. The highest BCUT2D eigenvalue weighted by molar-refractivity contribution is 7.93. The molecule has 2 aliphatic heterocycles. The second kappa shape index (κ2) is 8.52. The van der Waals surface area contributed by atoms with Crippen molar-refractivity contribution >= 4 is 27.3 Å². The zero-order valence-electron chi connectivity index (χ0n) is 16.2. The maximum absolute atomic E-state index is 12.7. The molecule has 2 fully saturated rings. The number of sulfonamides is 1. The molecule has 0 radical (unpaired) electrons. The Kier molecular flexibility index (Phi) is 5.84. The molecule has 1 amide bonds. The Morgan fingerprint density at radius 1 is 1.03 bits per heavy atom. The first kappa shape index (κ1) is 19.9. The fourth-order valence-electron chi connectivity index (χ4n) is 3.67. The highest BCUT2D eigenvalue weighted by Gasteiger charge is 2.28. The number of anilines is 2. The minimum Gasteiger partial charge on any atom is -0.379 e. The third-order valence-corrected chi connectivity index (χ3v) is 7.08. The van der Waals surface area contributed by atoms with Crippen LogP contribution in [-0.4, -0.2) is 57.8 Å². The molecule has 2 aliphatic rings. The van der Waals surface area contributed by atoms with Crippen LogP contribution in [0.15, 0.2) is 48.5 Å². The summed E-state index contributed by atoms with van der Waals surface area (Å²) in [7, 11) is -3.20. The second-order valence-electron chi connectivity index (χ2n) is 7.33. The largest absolute Gasteiger partial charge is 0.379 e. The van der Waals surface area contributed by atoms with Gasteiger partial charge >= 0.3 is 0 Å². The average molecular weight is 416 g/mol. The highest BCUT2D eigenvalue weighted by Crippen LogP contribution is 2.25. The number of carbonyl (C=O) groups is 1. The van der Waals surface area contributed by atoms with Crippen LogP contribution in [0.5, 0.6) is 0 Å². The van der Waals surface area contributed by atoms with Crippen LogP contribution in [0.4, 0.5) is 11.4 Å². The summed E-state index contributed by atoms with van der Waals surface area (Å²) in [5.74, 6) is 0.00195. The van der Waals surface area contributed by atoms with Gasteiger partial charge in [0.05, 0.1) is 24.7 Å². The lowest BCUT2D eigenvalue weighted by Gasteiger charge is -2.26. The quantitative estimate of drug-likeness (QED) is 0.811. The Morgan fingerprint density at radius 3 is 2.48 bits per heavy atom. The maximum Gasteiger partial charge on any atom is 0.255 e. The van der Waals surface area contributed by atoms with E-state index in [0.29, 0.717) is 29.9 Å². The predicted octanol–water partition coefficient (Wildman–Crippen LogP) is 2.31. The van der Waals surface area contributed by atoms with Gasteiger partial charge in [0.1, 0.15) is 0 Å². The van der Waals surface area contributed by atoms with E-state index in [9.17, 15) is 13.2 Å². The number of nitrogens with zero attached hydrogens (tertiary/aromatic N) is 2. The molecule has 154 valence electrons. The summed E-state index contributed by atoms with van der Waals surface area (Å²) in [5.41, 5.74) is 2.96. The van der Waals surface area contributed by atoms with Gasteiger partial charge in [-0.1, -0.05) is 12.1 Å². The maximum atomic E-state index is 12.7. The Labute approximate surface area is 171 Å². The molecule has 0 unspecified atom stereocenters. The summed E-state index contributed by atoms with van der Waals surface area (Å²) in [6, 6.07) is 14.6. The predicted molar refractivity (Wildman–Crippen MR) is 113 cm³/mol. The molecule has 0 atom stereocenters. The molecule has 2 aromatic rings. The molecule has 2 aromatic carbocycles. The number of ether oxygens (including phenoxy) is 1. The van der Waals surface area contributed by atoms with Crippen LogP contribution in [0.2, 0.25) is 0 Å². The van der Waals surface area contributed by atoms with Crippen LogP contribution in [-0.2, 0) is 21.3 Å². The minimum absolute atomic E-state index is 0.185. The van der Waals surface area contributed by atoms with E-state index >= 15 is 0 Å². The van der Waals surface area contributed by atoms with Crippen LogP contribution >= 0.6 is 0 Å². The summed E-state index contributed by atoms with van der Waals surface area (Å²) in [5, 5.41) is 2.89. The van der Waals surface area contributed by atoms with E-state index in [2.05, 4.69) is 10.2 Å². The monoisotopic (exact) mass is 415 g/mol. The third-order valence-electron chi connectivity index (χ3n) is 5.21. The van der Waals surface area contributed by atoms with Crippen molar-refractivity contribution in [3.63, 3.8) is 0 Å². The van der Waals surface area contributed by atoms with Gasteiger partial charge in [0.15, 0.2) is 0 Å². The van der Waals surface area contributed by atoms with Crippen molar-refractivity contribution in [3.8, 4) is 0 Å². The van der Waals surface area contributed by atoms with Crippen LogP contribution in [0.25, 0.3) is 0 Å². The molecule has 0 spiro atoms. The van der Waals surface area contributed by atoms with E-state index in [1.807, 2.05) is 18.2 Å². The van der Waals surface area contributed by atoms with Gasteiger partial charge in [-0.25, -0.2) is 8.42 Å². The SMILES string of the molecule is O=C(Nc1ccc(N2CCCS2(=O)=O)cc1)c1cccc(CN2CCOCC2)c1. The first-order valence-corrected chi connectivity index (χ1v) is 11.4. The Bertz CT molecular complexity index is 970. The molecule has 29 heavy (non-hydrogen) atoms. The lowest BCUT2D eigenvalue weighted by atomic mass is 10.1. The van der Waals surface area contributed by atoms with Gasteiger partial charge in [0.25, 0.3) is 5.91 Å². The number of rotatable bonds is 5. The summed E-state index contributed by atoms with van der Waals surface area (Å²) >= 11 is 0. The fourth-order valence-corrected chi connectivity index (χ4v) is 5.24. The van der Waals surface area contributed by atoms with Gasteiger partial charge in [-0.05, 0) is 48.4 Å². The van der Waals surface area contributed by atoms with E-state index in [4.69, 9.17) is 4.74 Å². The lowest BCUT2D eigenvalue weighted by Crippen LogP contribution is -2.35. The smallest absolute Gasteiger partial charge is 0.255 e. The van der Waals surface area contributed by atoms with Crippen LogP contribution < -0.4 is 9.62 Å². The number of hydrogen-bond acceptors (Lipinski definition) is 5. The molecule has 0 bridgehead atoms. The number of benzene rings is 2. The van der Waals surface area contributed by atoms with Crippen molar-refractivity contribution in [2.24, 2.45) is 0 Å². The van der Waals surface area contributed by atoms with Crippen LogP contribution in [0.1, 0.15) is 22.3 Å². The van der Waals surface area contributed by atoms with E-state index in [1.54, 1.807) is 30.3 Å². The molecule has 2 heterocycles. The Hall–Kier alpha value is -2.42. The number of nitrogens with one attached hydrogen (secondary N) is 1. The highest BCUT2D eigenvalue weighted by atomic mass is 32.2. The number of hydrogen-bond donors (Lipinski definition) is 1. The minimum atomic E-state index is -3.20. The molecule has 7 nitrogen and oxygen atoms in total. The van der Waals surface area contributed by atoms with E-state index < -0.39 is 10.0 Å². The van der Waals surface area contributed by atoms with Crippen molar-refractivity contribution in [2.45, 2.75) is 13.0 Å². The Morgan fingerprint density at radius 2 is 1.79 bits per heavy atom. The Balaban J connectivity index is 1.40. The first-order valence-electron chi connectivity index (χ1n) is 9.82. The molecular weight excluding hydrogens is 390 g/mol. The topological polar surface area (TPSA) is 79.0 Å². The second-order valence-corrected chi connectivity index (χ2v) is 9.34. The summed E-state index contributed by atoms with van der Waals surface area (Å²) in [4.78, 5) is 15.0. The molecule has 0 aromatic heterocycles. The van der Waals surface area contributed by atoms with E-state index in [-0.39, 0.29) is 11.7 Å². The zero-order valence-corrected chi connectivity index (χ0v) is 17.0. The van der Waals surface area contributed by atoms with Gasteiger partial charge in [-0.3, -0.25) is 14.0 Å². The van der Waals surface area contributed by atoms with E-state index in [0.717, 1.165) is 38.4 Å². The summed E-state index contributed by atoms with van der Waals surface area (Å²) < 4.78 is 30.9. The first-order chi connectivity index (χ1) is 14.0. The van der Waals surface area contributed by atoms with Crippen LogP contribution in [0, 0.1) is 0 Å². The normalized spacial score (nSPS) is 19.2. The van der Waals surface area contributed by atoms with Gasteiger partial charge in [-0.15, -0.1) is 0 Å². The van der Waals surface area contributed by atoms with Gasteiger partial charge in [0, 0.05) is 37.4 Å². The molecular formula is C21H25N3O4S. The standard InChI is InChI=1S/C21H25N3O4S/c25-21(18-4-1-3-17(15-18)16-23-10-12-28-13-11-23)22-19-5-7-20(8-6-19)24-9-2-14-29(24,26)27/h1,3-8,15H,2,9-14,16H2,(H,22,25). The third kappa shape index (κ3) is 4.77. The molecule has 2 saturated heterocycles. The molecule has 0 saturated carbocycles. The van der Waals surface area contributed by atoms with Crippen molar-refractivity contribution < 1.29 is 17.9 Å². The summed E-state index contributed by atoms with van der Waals surface area (Å²) in [6.07, 6.45) is 0.640. The van der Waals surface area contributed by atoms with Gasteiger partial charge < -0.3 is 10.1 Å². The molecule has 8 heteroatoms. The van der Waals surface area contributed by atoms with Crippen molar-refractivity contribution in [2.75, 3.05) is 48.2 Å². The lowest BCUT2D eigenvalue weighted by molar-refractivity contribution is 0.0342. The molecule has 1 N–H and O–H groups in total. The van der Waals surface area contributed by atoms with Crippen LogP contribution in [0.3, 0.4) is 0 Å². The van der Waals surface area contributed by atoms with Gasteiger partial charge in [-0.2, -0.15) is 0 Å². The molecule has 0 aliphatic carbocycles. The number of carbonyl (C=O) groups excluding carboxylic acids is 1. The molecule has 4 rings (SSSR count). The number of amides is 1. The van der Waals surface area contributed by atoms with Crippen molar-refractivity contribution in [1.82, 2.24) is 4.90 Å². The zero-order chi connectivity index (χ0) is 20.3. The van der Waals surface area contributed by atoms with Crippen molar-refractivity contribution in [1.29, 1.82) is 0 Å². The van der Waals surface area contributed by atoms with Gasteiger partial charge in [0.2, 0.25) is 10.0 Å². The van der Waals surface area contributed by atoms with E-state index in [1.165, 1.54) is 4.31 Å².